The minimum absolute atomic E-state index is 0.368. The molecule has 0 heterocycles. The zero-order valence-corrected chi connectivity index (χ0v) is 48.5. The highest BCUT2D eigenvalue weighted by atomic mass is 16.5. The quantitative estimate of drug-likeness (QED) is 0.0168. The van der Waals surface area contributed by atoms with E-state index in [1.165, 1.54) is 177 Å². The van der Waals surface area contributed by atoms with Crippen LogP contribution in [0.1, 0.15) is 232 Å². The number of unbranched alkanes of at least 4 members (excludes halogenated alkanes) is 24. The van der Waals surface area contributed by atoms with Crippen molar-refractivity contribution in [2.24, 2.45) is 10.2 Å². The molecule has 0 saturated carbocycles. The molecule has 418 valence electrons. The molecule has 0 aliphatic heterocycles. The highest BCUT2D eigenvalue weighted by Gasteiger charge is 2.24. The third kappa shape index (κ3) is 19.4. The number of benzene rings is 7. The van der Waals surface area contributed by atoms with E-state index in [2.05, 4.69) is 61.3 Å². The summed E-state index contributed by atoms with van der Waals surface area (Å²) in [6.45, 7) is 6.86. The Hall–Kier alpha value is -6.40. The third-order valence-corrected chi connectivity index (χ3v) is 15.9. The lowest BCUT2D eigenvalue weighted by Gasteiger charge is -2.20. The van der Waals surface area contributed by atoms with Crippen LogP contribution < -0.4 is 9.47 Å². The standard InChI is InChI=1S/C73H92N2O4/c1-4-7-10-13-15-17-18-19-20-21-22-23-26-30-41-61-56-62(55-60(40-29-25-12-9-6-3)65(61)44-33-27-24-16-14-11-8-5-2)73(77)79-69-54-50-58-39-35-37-46-67(58)71(69)70-66-45-36-34-38-57(66)49-53-68(70)78-72(76)59-47-51-64(52-48-59)75-74-63-42-31-28-32-43-63/h28,31-32,34-39,42-43,45-56H,4-27,29-30,33,40-41,44H2,1-3H3. The lowest BCUT2D eigenvalue weighted by molar-refractivity contribution is 0.0723. The summed E-state index contributed by atoms with van der Waals surface area (Å²) >= 11 is 0. The van der Waals surface area contributed by atoms with Crippen molar-refractivity contribution in [2.45, 2.75) is 213 Å². The number of carbonyl (C=O) groups excluding carboxylic acids is 2. The summed E-state index contributed by atoms with van der Waals surface area (Å²) in [5.74, 6) is -0.0881. The molecule has 0 amide bonds. The van der Waals surface area contributed by atoms with Gasteiger partial charge in [-0.3, -0.25) is 0 Å². The first-order chi connectivity index (χ1) is 39.0. The van der Waals surface area contributed by atoms with E-state index in [1.54, 1.807) is 24.3 Å². The number of carbonyl (C=O) groups is 2. The molecule has 7 rings (SSSR count). The van der Waals surface area contributed by atoms with Crippen LogP contribution in [0.15, 0.2) is 150 Å². The Bertz CT molecular complexity index is 2940. The Kier molecular flexibility index (Phi) is 26.4. The zero-order chi connectivity index (χ0) is 55.1. The van der Waals surface area contributed by atoms with E-state index in [9.17, 15) is 4.79 Å². The molecule has 0 aliphatic carbocycles. The zero-order valence-electron chi connectivity index (χ0n) is 48.5. The van der Waals surface area contributed by atoms with Crippen molar-refractivity contribution in [1.82, 2.24) is 0 Å². The van der Waals surface area contributed by atoms with Crippen LogP contribution >= 0.6 is 0 Å². The monoisotopic (exact) mass is 1060 g/mol. The Morgan fingerprint density at radius 2 is 0.696 bits per heavy atom. The van der Waals surface area contributed by atoms with E-state index in [-0.39, 0.29) is 5.97 Å². The van der Waals surface area contributed by atoms with E-state index in [0.717, 1.165) is 59.3 Å². The van der Waals surface area contributed by atoms with Crippen molar-refractivity contribution in [3.63, 3.8) is 0 Å². The van der Waals surface area contributed by atoms with Crippen LogP contribution in [0.2, 0.25) is 0 Å². The van der Waals surface area contributed by atoms with Gasteiger partial charge in [0.25, 0.3) is 0 Å². The second kappa shape index (κ2) is 34.6. The van der Waals surface area contributed by atoms with Crippen LogP contribution in [0.5, 0.6) is 11.5 Å². The number of ether oxygens (including phenoxy) is 2. The van der Waals surface area contributed by atoms with Gasteiger partial charge >= 0.3 is 11.9 Å². The summed E-state index contributed by atoms with van der Waals surface area (Å²) in [6.07, 6.45) is 38.0. The first kappa shape index (κ1) is 60.2. The third-order valence-electron chi connectivity index (χ3n) is 15.9. The Morgan fingerprint density at radius 3 is 1.13 bits per heavy atom. The number of azo groups is 1. The predicted molar refractivity (Wildman–Crippen MR) is 333 cm³/mol. The molecule has 0 N–H and O–H groups in total. The molecular formula is C73H92N2O4. The largest absolute Gasteiger partial charge is 0.422 e. The van der Waals surface area contributed by atoms with Crippen molar-refractivity contribution in [1.29, 1.82) is 0 Å². The minimum atomic E-state index is -0.512. The van der Waals surface area contributed by atoms with Gasteiger partial charge in [-0.25, -0.2) is 9.59 Å². The number of hydrogen-bond donors (Lipinski definition) is 0. The molecule has 0 radical (unpaired) electrons. The normalized spacial score (nSPS) is 11.5. The minimum Gasteiger partial charge on any atom is -0.422 e. The molecule has 6 heteroatoms. The predicted octanol–water partition coefficient (Wildman–Crippen LogP) is 22.7. The van der Waals surface area contributed by atoms with Gasteiger partial charge in [-0.1, -0.05) is 254 Å². The second-order valence-electron chi connectivity index (χ2n) is 22.2. The fourth-order valence-corrected chi connectivity index (χ4v) is 11.3. The molecule has 0 aromatic heterocycles. The molecule has 0 saturated heterocycles. The van der Waals surface area contributed by atoms with Gasteiger partial charge in [0.2, 0.25) is 0 Å². The molecule has 0 atom stereocenters. The first-order valence-electron chi connectivity index (χ1n) is 31.2. The SMILES string of the molecule is CCCCCCCCCCCCCCCCc1cc(C(=O)Oc2ccc3ccccc3c2-c2c(OC(=O)c3ccc(N=Nc4ccccc4)cc3)ccc3ccccc23)cc(CCCCCCC)c1CCCCCCCCCC. The van der Waals surface area contributed by atoms with Crippen LogP contribution in [0.3, 0.4) is 0 Å². The van der Waals surface area contributed by atoms with E-state index in [4.69, 9.17) is 9.47 Å². The number of fused-ring (bicyclic) bond motifs is 2. The van der Waals surface area contributed by atoms with E-state index >= 15 is 4.79 Å². The van der Waals surface area contributed by atoms with E-state index in [1.807, 2.05) is 84.9 Å². The topological polar surface area (TPSA) is 77.3 Å². The van der Waals surface area contributed by atoms with Gasteiger partial charge < -0.3 is 9.47 Å². The van der Waals surface area contributed by atoms with Gasteiger partial charge in [-0.15, -0.1) is 0 Å². The fraction of sp³-hybridized carbons (Fsp3) is 0.452. The molecule has 79 heavy (non-hydrogen) atoms. The number of aryl methyl sites for hydroxylation is 2. The Labute approximate surface area is 475 Å². The van der Waals surface area contributed by atoms with Crippen LogP contribution in [-0.4, -0.2) is 11.9 Å². The highest BCUT2D eigenvalue weighted by molar-refractivity contribution is 6.11. The van der Waals surface area contributed by atoms with Crippen molar-refractivity contribution in [3.05, 3.63) is 167 Å². The van der Waals surface area contributed by atoms with E-state index < -0.39 is 5.97 Å². The van der Waals surface area contributed by atoms with Gasteiger partial charge in [0, 0.05) is 11.1 Å². The average Bonchev–Trinajstić information content (AvgIpc) is 3.63. The molecule has 6 nitrogen and oxygen atoms in total. The molecule has 0 aliphatic rings. The van der Waals surface area contributed by atoms with Crippen molar-refractivity contribution in [3.8, 4) is 22.6 Å². The van der Waals surface area contributed by atoms with E-state index in [0.29, 0.717) is 39.4 Å². The molecule has 0 fully saturated rings. The average molecular weight is 1060 g/mol. The van der Waals surface area contributed by atoms with Crippen LogP contribution in [0.4, 0.5) is 11.4 Å². The Balaban J connectivity index is 1.16. The van der Waals surface area contributed by atoms with Gasteiger partial charge in [0.15, 0.2) is 0 Å². The molecule has 0 unspecified atom stereocenters. The first-order valence-corrected chi connectivity index (χ1v) is 31.2. The second-order valence-corrected chi connectivity index (χ2v) is 22.2. The van der Waals surface area contributed by atoms with Crippen molar-refractivity contribution < 1.29 is 19.1 Å². The summed E-state index contributed by atoms with van der Waals surface area (Å²) in [5.41, 5.74) is 7.87. The number of esters is 2. The highest BCUT2D eigenvalue weighted by Crippen LogP contribution is 2.46. The summed E-state index contributed by atoms with van der Waals surface area (Å²) in [7, 11) is 0. The lowest BCUT2D eigenvalue weighted by atomic mass is 9.88. The van der Waals surface area contributed by atoms with Crippen molar-refractivity contribution in [2.75, 3.05) is 0 Å². The maximum atomic E-state index is 15.1. The van der Waals surface area contributed by atoms with Crippen molar-refractivity contribution >= 4 is 44.9 Å². The maximum Gasteiger partial charge on any atom is 0.343 e. The lowest BCUT2D eigenvalue weighted by Crippen LogP contribution is -2.13. The van der Waals surface area contributed by atoms with Crippen LogP contribution in [-0.2, 0) is 19.3 Å². The smallest absolute Gasteiger partial charge is 0.343 e. The molecule has 7 aromatic carbocycles. The molecule has 7 aromatic rings. The fourth-order valence-electron chi connectivity index (χ4n) is 11.3. The summed E-state index contributed by atoms with van der Waals surface area (Å²) in [4.78, 5) is 29.3. The number of rotatable bonds is 37. The number of nitrogens with zero attached hydrogens (tertiary/aromatic N) is 2. The summed E-state index contributed by atoms with van der Waals surface area (Å²) in [6, 6.07) is 44.9. The number of hydrogen-bond acceptors (Lipinski definition) is 6. The van der Waals surface area contributed by atoms with Crippen LogP contribution in [0, 0.1) is 0 Å². The van der Waals surface area contributed by atoms with Gasteiger partial charge in [-0.2, -0.15) is 10.2 Å². The summed E-state index contributed by atoms with van der Waals surface area (Å²) in [5, 5.41) is 12.4. The summed E-state index contributed by atoms with van der Waals surface area (Å²) < 4.78 is 13.1. The molecular weight excluding hydrogens is 969 g/mol. The maximum absolute atomic E-state index is 15.1. The molecule has 0 spiro atoms. The van der Waals surface area contributed by atoms with Crippen LogP contribution in [0.25, 0.3) is 32.7 Å². The molecule has 0 bridgehead atoms. The van der Waals surface area contributed by atoms with Gasteiger partial charge in [0.1, 0.15) is 11.5 Å². The van der Waals surface area contributed by atoms with Gasteiger partial charge in [0.05, 0.1) is 22.5 Å². The Morgan fingerprint density at radius 1 is 0.342 bits per heavy atom. The van der Waals surface area contributed by atoms with Gasteiger partial charge in [-0.05, 0) is 137 Å².